The first-order valence-corrected chi connectivity index (χ1v) is 5.96. The van der Waals surface area contributed by atoms with Crippen LogP contribution in [0.5, 0.6) is 0 Å². The third-order valence-corrected chi connectivity index (χ3v) is 3.57. The van der Waals surface area contributed by atoms with Gasteiger partial charge >= 0.3 is 12.1 Å². The summed E-state index contributed by atoms with van der Waals surface area (Å²) in [6.45, 7) is 1.92. The van der Waals surface area contributed by atoms with Crippen LogP contribution in [-0.2, 0) is 11.0 Å². The highest BCUT2D eigenvalue weighted by atomic mass is 19.4. The van der Waals surface area contributed by atoms with Crippen molar-refractivity contribution in [3.05, 3.63) is 11.7 Å². The van der Waals surface area contributed by atoms with Crippen LogP contribution in [0.15, 0.2) is 4.52 Å². The van der Waals surface area contributed by atoms with E-state index in [0.717, 1.165) is 6.42 Å². The van der Waals surface area contributed by atoms with Gasteiger partial charge in [-0.2, -0.15) is 18.2 Å². The molecule has 1 fully saturated rings. The van der Waals surface area contributed by atoms with Gasteiger partial charge in [-0.25, -0.2) is 0 Å². The Balaban J connectivity index is 2.24. The molecule has 0 aromatic carbocycles. The summed E-state index contributed by atoms with van der Waals surface area (Å²) >= 11 is 0. The van der Waals surface area contributed by atoms with Crippen molar-refractivity contribution in [2.75, 3.05) is 0 Å². The third-order valence-electron chi connectivity index (χ3n) is 3.57. The van der Waals surface area contributed by atoms with Crippen molar-refractivity contribution < 1.29 is 27.6 Å². The normalized spacial score (nSPS) is 27.7. The van der Waals surface area contributed by atoms with Gasteiger partial charge in [-0.3, -0.25) is 4.79 Å². The molecule has 0 amide bonds. The van der Waals surface area contributed by atoms with Crippen molar-refractivity contribution in [1.29, 1.82) is 0 Å². The summed E-state index contributed by atoms with van der Waals surface area (Å²) in [6.07, 6.45) is -3.00. The van der Waals surface area contributed by atoms with E-state index in [1.165, 1.54) is 0 Å². The van der Waals surface area contributed by atoms with Gasteiger partial charge in [0.2, 0.25) is 5.89 Å². The Labute approximate surface area is 106 Å². The first-order valence-electron chi connectivity index (χ1n) is 5.96. The fraction of sp³-hybridized carbons (Fsp3) is 0.727. The maximum atomic E-state index is 12.4. The molecular weight excluding hydrogens is 265 g/mol. The van der Waals surface area contributed by atoms with Crippen LogP contribution in [0, 0.1) is 11.8 Å². The zero-order valence-electron chi connectivity index (χ0n) is 10.1. The van der Waals surface area contributed by atoms with Crippen molar-refractivity contribution in [3.63, 3.8) is 0 Å². The second-order valence-corrected chi connectivity index (χ2v) is 4.75. The van der Waals surface area contributed by atoms with Gasteiger partial charge in [-0.1, -0.05) is 18.5 Å². The number of aliphatic carboxylic acids is 1. The molecule has 106 valence electrons. The first kappa shape index (κ1) is 13.8. The number of carboxylic acid groups (broad SMARTS) is 1. The van der Waals surface area contributed by atoms with E-state index in [9.17, 15) is 18.0 Å². The molecule has 1 aliphatic rings. The Hall–Kier alpha value is -1.60. The van der Waals surface area contributed by atoms with Gasteiger partial charge < -0.3 is 9.63 Å². The van der Waals surface area contributed by atoms with E-state index in [2.05, 4.69) is 14.7 Å². The quantitative estimate of drug-likeness (QED) is 0.919. The standard InChI is InChI=1S/C11H13F3N2O3/c1-2-5-3-6(7(4-5)9(17)18)8-15-10(16-19-8)11(12,13)14/h5-7H,2-4H2,1H3,(H,17,18). The van der Waals surface area contributed by atoms with E-state index < -0.39 is 29.8 Å². The van der Waals surface area contributed by atoms with Crippen molar-refractivity contribution in [1.82, 2.24) is 10.1 Å². The van der Waals surface area contributed by atoms with Gasteiger partial charge in [0, 0.05) is 0 Å². The Morgan fingerprint density at radius 1 is 1.47 bits per heavy atom. The molecule has 5 nitrogen and oxygen atoms in total. The summed E-state index contributed by atoms with van der Waals surface area (Å²) in [6, 6.07) is 0. The SMILES string of the molecule is CCC1CC(C(=O)O)C(c2nc(C(F)(F)F)no2)C1. The van der Waals surface area contributed by atoms with Gasteiger partial charge in [-0.15, -0.1) is 0 Å². The number of halogens is 3. The highest BCUT2D eigenvalue weighted by Gasteiger charge is 2.44. The molecule has 1 N–H and O–H groups in total. The molecule has 0 spiro atoms. The van der Waals surface area contributed by atoms with Crippen molar-refractivity contribution in [3.8, 4) is 0 Å². The number of carbonyl (C=O) groups is 1. The monoisotopic (exact) mass is 278 g/mol. The van der Waals surface area contributed by atoms with E-state index in [1.54, 1.807) is 0 Å². The summed E-state index contributed by atoms with van der Waals surface area (Å²) in [7, 11) is 0. The molecule has 2 rings (SSSR count). The van der Waals surface area contributed by atoms with E-state index >= 15 is 0 Å². The van der Waals surface area contributed by atoms with Gasteiger partial charge in [-0.05, 0) is 18.8 Å². The minimum Gasteiger partial charge on any atom is -0.481 e. The summed E-state index contributed by atoms with van der Waals surface area (Å²) in [5.41, 5.74) is 0. The van der Waals surface area contributed by atoms with E-state index in [0.29, 0.717) is 12.8 Å². The van der Waals surface area contributed by atoms with Crippen LogP contribution >= 0.6 is 0 Å². The summed E-state index contributed by atoms with van der Waals surface area (Å²) in [5.74, 6) is -3.85. The van der Waals surface area contributed by atoms with E-state index in [4.69, 9.17) is 5.11 Å². The number of hydrogen-bond acceptors (Lipinski definition) is 4. The molecule has 0 bridgehead atoms. The van der Waals surface area contributed by atoms with Crippen molar-refractivity contribution in [2.45, 2.75) is 38.3 Å². The third kappa shape index (κ3) is 2.71. The number of carboxylic acids is 1. The van der Waals surface area contributed by atoms with Crippen molar-refractivity contribution in [2.24, 2.45) is 11.8 Å². The van der Waals surface area contributed by atoms with Gasteiger partial charge in [0.15, 0.2) is 0 Å². The second-order valence-electron chi connectivity index (χ2n) is 4.75. The number of rotatable bonds is 3. The van der Waals surface area contributed by atoms with Crippen LogP contribution in [-0.4, -0.2) is 21.2 Å². The number of aromatic nitrogens is 2. The molecular formula is C11H13F3N2O3. The van der Waals surface area contributed by atoms with Crippen LogP contribution in [0.4, 0.5) is 13.2 Å². The molecule has 3 atom stereocenters. The molecule has 19 heavy (non-hydrogen) atoms. The Morgan fingerprint density at radius 3 is 2.63 bits per heavy atom. The number of nitrogens with zero attached hydrogens (tertiary/aromatic N) is 2. The van der Waals surface area contributed by atoms with Crippen molar-refractivity contribution >= 4 is 5.97 Å². The second kappa shape index (κ2) is 4.82. The average Bonchev–Trinajstić information content (AvgIpc) is 2.94. The molecule has 1 heterocycles. The summed E-state index contributed by atoms with van der Waals surface area (Å²) in [4.78, 5) is 14.4. The average molecular weight is 278 g/mol. The molecule has 1 aromatic heterocycles. The predicted octanol–water partition coefficient (Wildman–Crippen LogP) is 2.69. The largest absolute Gasteiger partial charge is 0.481 e. The van der Waals surface area contributed by atoms with Gasteiger partial charge in [0.1, 0.15) is 0 Å². The fourth-order valence-electron chi connectivity index (χ4n) is 2.52. The molecule has 8 heteroatoms. The van der Waals surface area contributed by atoms with Crippen LogP contribution in [0.25, 0.3) is 0 Å². The first-order chi connectivity index (χ1) is 8.82. The molecule has 0 aliphatic heterocycles. The smallest absolute Gasteiger partial charge is 0.455 e. The lowest BCUT2D eigenvalue weighted by Gasteiger charge is -2.10. The lowest BCUT2D eigenvalue weighted by atomic mass is 9.96. The van der Waals surface area contributed by atoms with E-state index in [-0.39, 0.29) is 11.8 Å². The predicted molar refractivity (Wildman–Crippen MR) is 56.2 cm³/mol. The van der Waals surface area contributed by atoms with Crippen LogP contribution < -0.4 is 0 Å². The maximum absolute atomic E-state index is 12.4. The molecule has 0 radical (unpaired) electrons. The fourth-order valence-corrected chi connectivity index (χ4v) is 2.52. The minimum atomic E-state index is -4.68. The lowest BCUT2D eigenvalue weighted by molar-refractivity contribution is -0.146. The molecule has 3 unspecified atom stereocenters. The Kier molecular flexibility index (Phi) is 3.51. The molecule has 1 saturated carbocycles. The van der Waals surface area contributed by atoms with Gasteiger partial charge in [0.05, 0.1) is 11.8 Å². The topological polar surface area (TPSA) is 76.2 Å². The van der Waals surface area contributed by atoms with Crippen LogP contribution in [0.1, 0.15) is 43.8 Å². The Morgan fingerprint density at radius 2 is 2.16 bits per heavy atom. The van der Waals surface area contributed by atoms with Crippen LogP contribution in [0.2, 0.25) is 0 Å². The molecule has 0 saturated heterocycles. The van der Waals surface area contributed by atoms with E-state index in [1.807, 2.05) is 6.92 Å². The lowest BCUT2D eigenvalue weighted by Crippen LogP contribution is -2.17. The molecule has 1 aliphatic carbocycles. The van der Waals surface area contributed by atoms with Crippen LogP contribution in [0.3, 0.4) is 0 Å². The zero-order chi connectivity index (χ0) is 14.2. The minimum absolute atomic E-state index is 0.160. The molecule has 1 aromatic rings. The Bertz CT molecular complexity index is 472. The summed E-state index contributed by atoms with van der Waals surface area (Å²) in [5, 5.41) is 12.0. The summed E-state index contributed by atoms with van der Waals surface area (Å²) < 4.78 is 41.8. The highest BCUT2D eigenvalue weighted by molar-refractivity contribution is 5.71. The highest BCUT2D eigenvalue weighted by Crippen LogP contribution is 2.44. The number of hydrogen-bond donors (Lipinski definition) is 1. The maximum Gasteiger partial charge on any atom is 0.455 e. The van der Waals surface area contributed by atoms with Gasteiger partial charge in [0.25, 0.3) is 5.82 Å². The number of alkyl halides is 3. The zero-order valence-corrected chi connectivity index (χ0v) is 10.1.